The number of hydrogen-bond acceptors (Lipinski definition) is 4. The van der Waals surface area contributed by atoms with E-state index in [1.54, 1.807) is 18.7 Å². The van der Waals surface area contributed by atoms with Crippen LogP contribution in [0, 0.1) is 5.92 Å². The van der Waals surface area contributed by atoms with E-state index in [-0.39, 0.29) is 30.6 Å². The molecular formula is C15H30N2O3S. The molecule has 0 aliphatic carbocycles. The summed E-state index contributed by atoms with van der Waals surface area (Å²) < 4.78 is 22.9. The molecule has 0 bridgehead atoms. The molecule has 124 valence electrons. The molecule has 1 aliphatic rings. The van der Waals surface area contributed by atoms with Gasteiger partial charge < -0.3 is 4.90 Å². The lowest BCUT2D eigenvalue weighted by Gasteiger charge is -2.33. The molecular weight excluding hydrogens is 288 g/mol. The second-order valence-electron chi connectivity index (χ2n) is 7.05. The molecule has 0 aromatic carbocycles. The van der Waals surface area contributed by atoms with Crippen LogP contribution in [0.5, 0.6) is 0 Å². The van der Waals surface area contributed by atoms with Crippen molar-refractivity contribution in [3.05, 3.63) is 0 Å². The maximum Gasteiger partial charge on any atom is 0.241 e. The Kier molecular flexibility index (Phi) is 5.83. The molecule has 0 saturated carbocycles. The molecule has 21 heavy (non-hydrogen) atoms. The minimum absolute atomic E-state index is 0.0406. The third-order valence-corrected chi connectivity index (χ3v) is 6.46. The highest BCUT2D eigenvalue weighted by Crippen LogP contribution is 2.25. The molecule has 1 rings (SSSR count). The Labute approximate surface area is 129 Å². The summed E-state index contributed by atoms with van der Waals surface area (Å²) in [4.78, 5) is 14.3. The molecule has 2 unspecified atom stereocenters. The first-order chi connectivity index (χ1) is 9.51. The fourth-order valence-corrected chi connectivity index (χ4v) is 2.95. The van der Waals surface area contributed by atoms with E-state index in [4.69, 9.17) is 0 Å². The molecule has 6 heteroatoms. The summed E-state index contributed by atoms with van der Waals surface area (Å²) in [5.74, 6) is 0.287. The molecule has 1 N–H and O–H groups in total. The van der Waals surface area contributed by atoms with Gasteiger partial charge in [0.25, 0.3) is 0 Å². The van der Waals surface area contributed by atoms with Crippen molar-refractivity contribution in [3.8, 4) is 0 Å². The molecule has 1 saturated heterocycles. The normalized spacial score (nSPS) is 24.1. The number of unbranched alkanes of at least 4 members (excludes halogenated alkanes) is 1. The van der Waals surface area contributed by atoms with Gasteiger partial charge in [0.05, 0.1) is 17.0 Å². The predicted molar refractivity (Wildman–Crippen MR) is 85.7 cm³/mol. The summed E-state index contributed by atoms with van der Waals surface area (Å²) >= 11 is 0. The first kappa shape index (κ1) is 18.4. The predicted octanol–water partition coefficient (Wildman–Crippen LogP) is 1.78. The zero-order chi connectivity index (χ0) is 16.4. The van der Waals surface area contributed by atoms with Gasteiger partial charge in [-0.05, 0) is 26.2 Å². The molecule has 1 amide bonds. The highest BCUT2D eigenvalue weighted by molar-refractivity contribution is 7.92. The lowest BCUT2D eigenvalue weighted by Crippen LogP contribution is -2.50. The number of sulfone groups is 1. The maximum atomic E-state index is 12.6. The van der Waals surface area contributed by atoms with E-state index >= 15 is 0 Å². The third kappa shape index (κ3) is 4.19. The Morgan fingerprint density at radius 2 is 1.90 bits per heavy atom. The second-order valence-corrected chi connectivity index (χ2v) is 9.70. The average Bonchev–Trinajstić information content (AvgIpc) is 2.63. The van der Waals surface area contributed by atoms with Gasteiger partial charge in [0.2, 0.25) is 5.91 Å². The highest BCUT2D eigenvalue weighted by atomic mass is 32.2. The molecule has 1 aliphatic heterocycles. The Morgan fingerprint density at radius 3 is 2.33 bits per heavy atom. The van der Waals surface area contributed by atoms with Crippen LogP contribution < -0.4 is 5.32 Å². The SMILES string of the molecule is CCCCC1NC(C(C)C)N(CC(C)(C)S(C)(=O)=O)C1=O. The van der Waals surface area contributed by atoms with E-state index < -0.39 is 14.6 Å². The monoisotopic (exact) mass is 318 g/mol. The maximum absolute atomic E-state index is 12.6. The fraction of sp³-hybridized carbons (Fsp3) is 0.933. The summed E-state index contributed by atoms with van der Waals surface area (Å²) in [6.07, 6.45) is 4.01. The smallest absolute Gasteiger partial charge is 0.241 e. The summed E-state index contributed by atoms with van der Waals surface area (Å²) in [5.41, 5.74) is 0. The van der Waals surface area contributed by atoms with Crippen LogP contribution in [0.2, 0.25) is 0 Å². The van der Waals surface area contributed by atoms with E-state index in [1.807, 2.05) is 13.8 Å². The summed E-state index contributed by atoms with van der Waals surface area (Å²) in [5, 5.41) is 3.38. The van der Waals surface area contributed by atoms with Gasteiger partial charge in [0.15, 0.2) is 9.84 Å². The van der Waals surface area contributed by atoms with Gasteiger partial charge in [0.1, 0.15) is 0 Å². The standard InChI is InChI=1S/C15H30N2O3S/c1-7-8-9-12-14(18)17(13(16-12)11(2)3)10-15(4,5)21(6,19)20/h11-13,16H,7-10H2,1-6H3. The Bertz CT molecular complexity index is 471. The second kappa shape index (κ2) is 6.65. The van der Waals surface area contributed by atoms with Crippen LogP contribution in [0.25, 0.3) is 0 Å². The van der Waals surface area contributed by atoms with Gasteiger partial charge in [-0.3, -0.25) is 10.1 Å². The van der Waals surface area contributed by atoms with Crippen LogP contribution in [-0.4, -0.2) is 49.0 Å². The molecule has 0 aromatic heterocycles. The quantitative estimate of drug-likeness (QED) is 0.777. The van der Waals surface area contributed by atoms with Crippen molar-refractivity contribution < 1.29 is 13.2 Å². The van der Waals surface area contributed by atoms with Crippen LogP contribution in [0.15, 0.2) is 0 Å². The highest BCUT2D eigenvalue weighted by Gasteiger charge is 2.44. The Hall–Kier alpha value is -0.620. The van der Waals surface area contributed by atoms with E-state index in [2.05, 4.69) is 12.2 Å². The van der Waals surface area contributed by atoms with E-state index in [9.17, 15) is 13.2 Å². The van der Waals surface area contributed by atoms with Crippen molar-refractivity contribution in [3.63, 3.8) is 0 Å². The van der Waals surface area contributed by atoms with Crippen LogP contribution in [0.3, 0.4) is 0 Å². The fourth-order valence-electron chi connectivity index (χ4n) is 2.58. The zero-order valence-electron chi connectivity index (χ0n) is 14.1. The number of nitrogens with zero attached hydrogens (tertiary/aromatic N) is 1. The molecule has 0 spiro atoms. The topological polar surface area (TPSA) is 66.5 Å². The van der Waals surface area contributed by atoms with Gasteiger partial charge in [-0.15, -0.1) is 0 Å². The van der Waals surface area contributed by atoms with Gasteiger partial charge in [-0.1, -0.05) is 33.6 Å². The number of hydrogen-bond donors (Lipinski definition) is 1. The van der Waals surface area contributed by atoms with Crippen LogP contribution >= 0.6 is 0 Å². The first-order valence-corrected chi connectivity index (χ1v) is 9.66. The Morgan fingerprint density at radius 1 is 1.33 bits per heavy atom. The van der Waals surface area contributed by atoms with Crippen LogP contribution in [0.1, 0.15) is 53.9 Å². The minimum atomic E-state index is -3.22. The van der Waals surface area contributed by atoms with Gasteiger partial charge >= 0.3 is 0 Å². The number of rotatable bonds is 7. The largest absolute Gasteiger partial charge is 0.324 e. The van der Waals surface area contributed by atoms with Crippen molar-refractivity contribution in [1.82, 2.24) is 10.2 Å². The van der Waals surface area contributed by atoms with E-state index in [0.29, 0.717) is 0 Å². The molecule has 5 nitrogen and oxygen atoms in total. The van der Waals surface area contributed by atoms with Crippen molar-refractivity contribution in [2.75, 3.05) is 12.8 Å². The molecule has 0 aromatic rings. The number of carbonyl (C=O) groups excluding carboxylic acids is 1. The lowest BCUT2D eigenvalue weighted by molar-refractivity contribution is -0.131. The number of nitrogens with one attached hydrogen (secondary N) is 1. The van der Waals surface area contributed by atoms with Crippen molar-refractivity contribution in [1.29, 1.82) is 0 Å². The lowest BCUT2D eigenvalue weighted by atomic mass is 10.1. The third-order valence-electron chi connectivity index (χ3n) is 4.32. The molecule has 1 fully saturated rings. The summed E-state index contributed by atoms with van der Waals surface area (Å²) in [6.45, 7) is 9.81. The first-order valence-electron chi connectivity index (χ1n) is 7.77. The average molecular weight is 318 g/mol. The zero-order valence-corrected chi connectivity index (χ0v) is 15.0. The Balaban J connectivity index is 2.94. The van der Waals surface area contributed by atoms with E-state index in [0.717, 1.165) is 19.3 Å². The van der Waals surface area contributed by atoms with Gasteiger partial charge in [-0.25, -0.2) is 8.42 Å². The summed E-state index contributed by atoms with van der Waals surface area (Å²) in [7, 11) is -3.22. The number of carbonyl (C=O) groups is 1. The molecule has 0 radical (unpaired) electrons. The van der Waals surface area contributed by atoms with Crippen LogP contribution in [-0.2, 0) is 14.6 Å². The van der Waals surface area contributed by atoms with Crippen molar-refractivity contribution in [2.45, 2.75) is 70.8 Å². The van der Waals surface area contributed by atoms with Crippen molar-refractivity contribution >= 4 is 15.7 Å². The van der Waals surface area contributed by atoms with Crippen molar-refractivity contribution in [2.24, 2.45) is 5.92 Å². The minimum Gasteiger partial charge on any atom is -0.324 e. The molecule has 2 atom stereocenters. The summed E-state index contributed by atoms with van der Waals surface area (Å²) in [6, 6.07) is -0.173. The number of amides is 1. The van der Waals surface area contributed by atoms with Crippen LogP contribution in [0.4, 0.5) is 0 Å². The van der Waals surface area contributed by atoms with E-state index in [1.165, 1.54) is 6.26 Å². The molecule has 1 heterocycles. The van der Waals surface area contributed by atoms with Gasteiger partial charge in [0, 0.05) is 12.8 Å². The van der Waals surface area contributed by atoms with Gasteiger partial charge in [-0.2, -0.15) is 0 Å².